The summed E-state index contributed by atoms with van der Waals surface area (Å²) in [5.41, 5.74) is -0.217. The molecule has 1 aromatic rings. The van der Waals surface area contributed by atoms with E-state index in [0.29, 0.717) is 6.04 Å². The zero-order valence-electron chi connectivity index (χ0n) is 11.7. The molecule has 106 valence electrons. The number of anilines is 1. The first kappa shape index (κ1) is 13.3. The summed E-state index contributed by atoms with van der Waals surface area (Å²) in [6.07, 6.45) is 9.76. The van der Waals surface area contributed by atoms with Crippen molar-refractivity contribution in [2.45, 2.75) is 69.9 Å². The summed E-state index contributed by atoms with van der Waals surface area (Å²) in [6.45, 7) is 2.81. The largest absolute Gasteiger partial charge is 0.367 e. The van der Waals surface area contributed by atoms with Crippen LogP contribution < -0.4 is 5.32 Å². The maximum Gasteiger partial charge on any atom is 0.202 e. The molecule has 3 rings (SSSR count). The highest BCUT2D eigenvalue weighted by Gasteiger charge is 2.37. The molecular weight excluding hydrogens is 258 g/mol. The first-order chi connectivity index (χ1) is 9.32. The van der Waals surface area contributed by atoms with Crippen LogP contribution in [0.1, 0.15) is 64.1 Å². The minimum Gasteiger partial charge on any atom is -0.367 e. The van der Waals surface area contributed by atoms with Crippen molar-refractivity contribution in [1.29, 1.82) is 0 Å². The Balaban J connectivity index is 1.78. The minimum absolute atomic E-state index is 0.217. The highest BCUT2D eigenvalue weighted by molar-refractivity contribution is 7.09. The van der Waals surface area contributed by atoms with Gasteiger partial charge in [0.05, 0.1) is 0 Å². The van der Waals surface area contributed by atoms with Crippen molar-refractivity contribution in [3.8, 4) is 0 Å². The molecular formula is C14H23N3OS. The molecule has 2 fully saturated rings. The number of nitrogens with zero attached hydrogens (tertiary/aromatic N) is 2. The summed E-state index contributed by atoms with van der Waals surface area (Å²) in [6, 6.07) is 0.637. The molecule has 2 aliphatic rings. The lowest BCUT2D eigenvalue weighted by Gasteiger charge is -2.29. The van der Waals surface area contributed by atoms with E-state index in [-0.39, 0.29) is 5.60 Å². The van der Waals surface area contributed by atoms with E-state index in [1.807, 2.05) is 0 Å². The van der Waals surface area contributed by atoms with E-state index in [0.717, 1.165) is 30.4 Å². The predicted molar refractivity (Wildman–Crippen MR) is 77.6 cm³/mol. The highest BCUT2D eigenvalue weighted by atomic mass is 32.1. The van der Waals surface area contributed by atoms with Gasteiger partial charge in [0.2, 0.25) is 5.13 Å². The second-order valence-electron chi connectivity index (χ2n) is 5.68. The smallest absolute Gasteiger partial charge is 0.202 e. The van der Waals surface area contributed by atoms with Crippen molar-refractivity contribution in [2.24, 2.45) is 0 Å². The molecule has 0 amide bonds. The van der Waals surface area contributed by atoms with Crippen LogP contribution in [0.15, 0.2) is 0 Å². The summed E-state index contributed by atoms with van der Waals surface area (Å²) < 4.78 is 10.7. The molecule has 0 aromatic carbocycles. The van der Waals surface area contributed by atoms with Gasteiger partial charge in [0, 0.05) is 24.2 Å². The Hall–Kier alpha value is -0.680. The van der Waals surface area contributed by atoms with Crippen LogP contribution in [0.25, 0.3) is 0 Å². The van der Waals surface area contributed by atoms with E-state index in [9.17, 15) is 0 Å². The molecule has 19 heavy (non-hydrogen) atoms. The molecule has 0 atom stereocenters. The van der Waals surface area contributed by atoms with Gasteiger partial charge in [-0.3, -0.25) is 0 Å². The van der Waals surface area contributed by atoms with Crippen LogP contribution in [0.5, 0.6) is 0 Å². The maximum atomic E-state index is 6.12. The van der Waals surface area contributed by atoms with Gasteiger partial charge < -0.3 is 10.1 Å². The zero-order valence-corrected chi connectivity index (χ0v) is 12.5. The molecule has 0 radical (unpaired) electrons. The molecule has 1 aromatic heterocycles. The maximum absolute atomic E-state index is 6.12. The molecule has 1 heterocycles. The lowest BCUT2D eigenvalue weighted by atomic mass is 9.93. The first-order valence-electron chi connectivity index (χ1n) is 7.57. The highest BCUT2D eigenvalue weighted by Crippen LogP contribution is 2.39. The summed E-state index contributed by atoms with van der Waals surface area (Å²) in [4.78, 5) is 4.72. The van der Waals surface area contributed by atoms with Gasteiger partial charge in [-0.05, 0) is 32.6 Å². The van der Waals surface area contributed by atoms with Crippen LogP contribution in [0.4, 0.5) is 5.13 Å². The average molecular weight is 281 g/mol. The van der Waals surface area contributed by atoms with E-state index in [1.165, 1.54) is 50.1 Å². The van der Waals surface area contributed by atoms with Crippen LogP contribution >= 0.6 is 11.5 Å². The van der Waals surface area contributed by atoms with Crippen molar-refractivity contribution >= 4 is 16.7 Å². The van der Waals surface area contributed by atoms with E-state index in [4.69, 9.17) is 9.72 Å². The van der Waals surface area contributed by atoms with Gasteiger partial charge in [-0.25, -0.2) is 4.98 Å². The molecule has 2 saturated carbocycles. The lowest BCUT2D eigenvalue weighted by Crippen LogP contribution is -2.30. The summed E-state index contributed by atoms with van der Waals surface area (Å²) in [5.74, 6) is 0.921. The van der Waals surface area contributed by atoms with Gasteiger partial charge >= 0.3 is 0 Å². The van der Waals surface area contributed by atoms with Crippen LogP contribution in [0, 0.1) is 0 Å². The predicted octanol–water partition coefficient (Wildman–Crippen LogP) is 3.70. The molecule has 2 aliphatic carbocycles. The molecule has 4 nitrogen and oxygen atoms in total. The van der Waals surface area contributed by atoms with Crippen molar-refractivity contribution in [1.82, 2.24) is 9.36 Å². The van der Waals surface area contributed by atoms with E-state index in [2.05, 4.69) is 16.6 Å². The number of nitrogens with one attached hydrogen (secondary N) is 1. The third-order valence-corrected chi connectivity index (χ3v) is 4.72. The number of aromatic nitrogens is 2. The molecule has 1 N–H and O–H groups in total. The SMILES string of the molecule is CCOC1(c2nsc(NC3CC3)n2)CCCCCC1. The average Bonchev–Trinajstić information content (AvgIpc) is 3.14. The zero-order chi connectivity index (χ0) is 13.1. The number of rotatable bonds is 5. The van der Waals surface area contributed by atoms with Crippen molar-refractivity contribution in [3.05, 3.63) is 5.82 Å². The van der Waals surface area contributed by atoms with Gasteiger partial charge in [-0.2, -0.15) is 4.37 Å². The van der Waals surface area contributed by atoms with Crippen molar-refractivity contribution < 1.29 is 4.74 Å². The first-order valence-corrected chi connectivity index (χ1v) is 8.34. The van der Waals surface area contributed by atoms with Crippen LogP contribution in [-0.4, -0.2) is 22.0 Å². The lowest BCUT2D eigenvalue weighted by molar-refractivity contribution is -0.0615. The van der Waals surface area contributed by atoms with Crippen LogP contribution in [0.3, 0.4) is 0 Å². The Morgan fingerprint density at radius 1 is 1.26 bits per heavy atom. The fraction of sp³-hybridized carbons (Fsp3) is 0.857. The topological polar surface area (TPSA) is 47.0 Å². The Morgan fingerprint density at radius 3 is 2.63 bits per heavy atom. The monoisotopic (exact) mass is 281 g/mol. The number of hydrogen-bond donors (Lipinski definition) is 1. The molecule has 0 aliphatic heterocycles. The van der Waals surface area contributed by atoms with Crippen LogP contribution in [-0.2, 0) is 10.3 Å². The van der Waals surface area contributed by atoms with E-state index >= 15 is 0 Å². The quantitative estimate of drug-likeness (QED) is 0.836. The fourth-order valence-corrected chi connectivity index (χ4v) is 3.60. The summed E-state index contributed by atoms with van der Waals surface area (Å²) in [5, 5.41) is 4.41. The van der Waals surface area contributed by atoms with Crippen LogP contribution in [0.2, 0.25) is 0 Å². The van der Waals surface area contributed by atoms with Crippen molar-refractivity contribution in [2.75, 3.05) is 11.9 Å². The summed E-state index contributed by atoms with van der Waals surface area (Å²) in [7, 11) is 0. The Labute approximate surface area is 119 Å². The van der Waals surface area contributed by atoms with Gasteiger partial charge in [-0.1, -0.05) is 25.7 Å². The third kappa shape index (κ3) is 3.08. The van der Waals surface area contributed by atoms with E-state index < -0.39 is 0 Å². The second-order valence-corrected chi connectivity index (χ2v) is 6.44. The Bertz CT molecular complexity index is 409. The molecule has 5 heteroatoms. The molecule has 0 unspecified atom stereocenters. The van der Waals surface area contributed by atoms with Crippen molar-refractivity contribution in [3.63, 3.8) is 0 Å². The molecule has 0 bridgehead atoms. The standard InChI is InChI=1S/C14H23N3OS/c1-2-18-14(9-5-3-4-6-10-14)12-16-13(19-17-12)15-11-7-8-11/h11H,2-10H2,1H3,(H,15,16,17). The molecule has 0 saturated heterocycles. The van der Waals surface area contributed by atoms with Gasteiger partial charge in [0.1, 0.15) is 5.60 Å². The van der Waals surface area contributed by atoms with Gasteiger partial charge in [0.25, 0.3) is 0 Å². The Kier molecular flexibility index (Phi) is 4.03. The summed E-state index contributed by atoms with van der Waals surface area (Å²) >= 11 is 1.49. The number of ether oxygens (including phenoxy) is 1. The van der Waals surface area contributed by atoms with E-state index in [1.54, 1.807) is 0 Å². The molecule has 0 spiro atoms. The van der Waals surface area contributed by atoms with Gasteiger partial charge in [0.15, 0.2) is 5.82 Å². The minimum atomic E-state index is -0.217. The van der Waals surface area contributed by atoms with Gasteiger partial charge in [-0.15, -0.1) is 0 Å². The normalized spacial score (nSPS) is 23.0. The number of hydrogen-bond acceptors (Lipinski definition) is 5. The second kappa shape index (κ2) is 5.75. The Morgan fingerprint density at radius 2 is 2.00 bits per heavy atom. The third-order valence-electron chi connectivity index (χ3n) is 4.07. The fourth-order valence-electron chi connectivity index (χ4n) is 2.88.